The third-order valence-corrected chi connectivity index (χ3v) is 3.00. The lowest BCUT2D eigenvalue weighted by Gasteiger charge is -2.16. The molecule has 1 aromatic carbocycles. The van der Waals surface area contributed by atoms with Gasteiger partial charge < -0.3 is 15.3 Å². The van der Waals surface area contributed by atoms with Crippen molar-refractivity contribution in [1.82, 2.24) is 14.9 Å². The molecule has 0 saturated carbocycles. The molecule has 1 atom stereocenters. The highest BCUT2D eigenvalue weighted by atomic mass is 16.1. The molecule has 0 radical (unpaired) electrons. The van der Waals surface area contributed by atoms with Crippen LogP contribution in [0.3, 0.4) is 0 Å². The average Bonchev–Trinajstić information content (AvgIpc) is 2.90. The summed E-state index contributed by atoms with van der Waals surface area (Å²) in [6, 6.07) is 5.49. The first-order valence-corrected chi connectivity index (χ1v) is 6.44. The summed E-state index contributed by atoms with van der Waals surface area (Å²) in [5.41, 5.74) is 4.76. The average molecular weight is 273 g/mol. The first-order chi connectivity index (χ1) is 9.60. The van der Waals surface area contributed by atoms with Crippen molar-refractivity contribution in [3.8, 4) is 0 Å². The minimum atomic E-state index is -0.148. The van der Waals surface area contributed by atoms with Gasteiger partial charge in [-0.15, -0.1) is 0 Å². The number of hydrogen-bond acceptors (Lipinski definition) is 4. The molecule has 0 bridgehead atoms. The van der Waals surface area contributed by atoms with Crippen LogP contribution < -0.4 is 16.6 Å². The van der Waals surface area contributed by atoms with E-state index >= 15 is 0 Å². The summed E-state index contributed by atoms with van der Waals surface area (Å²) in [4.78, 5) is 16.2. The van der Waals surface area contributed by atoms with Crippen molar-refractivity contribution in [1.29, 1.82) is 0 Å². The molecule has 0 aliphatic carbocycles. The summed E-state index contributed by atoms with van der Waals surface area (Å²) in [7, 11) is 0. The topological polar surface area (TPSA) is 85.0 Å². The number of nitrogens with one attached hydrogen (secondary N) is 2. The maximum absolute atomic E-state index is 12.2. The third kappa shape index (κ3) is 3.36. The number of hydrazine groups is 1. The van der Waals surface area contributed by atoms with Gasteiger partial charge in [0.1, 0.15) is 0 Å². The van der Waals surface area contributed by atoms with Crippen LogP contribution >= 0.6 is 0 Å². The molecule has 2 aromatic rings. The number of carbonyl (C=O) groups is 1. The second-order valence-electron chi connectivity index (χ2n) is 4.83. The maximum Gasteiger partial charge on any atom is 0.253 e. The summed E-state index contributed by atoms with van der Waals surface area (Å²) in [6.07, 6.45) is 5.30. The summed E-state index contributed by atoms with van der Waals surface area (Å²) >= 11 is 0. The number of carbonyl (C=O) groups excluding carboxylic acids is 1. The van der Waals surface area contributed by atoms with Gasteiger partial charge in [0.15, 0.2) is 0 Å². The van der Waals surface area contributed by atoms with E-state index in [-0.39, 0.29) is 11.9 Å². The van der Waals surface area contributed by atoms with Crippen molar-refractivity contribution in [2.45, 2.75) is 26.4 Å². The van der Waals surface area contributed by atoms with Crippen LogP contribution in [0.4, 0.5) is 5.69 Å². The lowest BCUT2D eigenvalue weighted by atomic mass is 10.1. The van der Waals surface area contributed by atoms with Gasteiger partial charge in [0, 0.05) is 25.0 Å². The molecule has 1 aromatic heterocycles. The zero-order valence-electron chi connectivity index (χ0n) is 11.6. The van der Waals surface area contributed by atoms with Gasteiger partial charge in [-0.1, -0.05) is 6.07 Å². The molecule has 1 unspecified atom stereocenters. The smallest absolute Gasteiger partial charge is 0.253 e. The maximum atomic E-state index is 12.2. The monoisotopic (exact) mass is 273 g/mol. The van der Waals surface area contributed by atoms with E-state index in [9.17, 15) is 4.79 Å². The van der Waals surface area contributed by atoms with Gasteiger partial charge in [0.05, 0.1) is 17.6 Å². The molecule has 6 nitrogen and oxygen atoms in total. The molecule has 0 aliphatic rings. The van der Waals surface area contributed by atoms with E-state index < -0.39 is 0 Å². The van der Waals surface area contributed by atoms with Gasteiger partial charge in [-0.2, -0.15) is 0 Å². The molecule has 1 heterocycles. The van der Waals surface area contributed by atoms with E-state index in [2.05, 4.69) is 15.7 Å². The Morgan fingerprint density at radius 2 is 2.30 bits per heavy atom. The molecule has 20 heavy (non-hydrogen) atoms. The Balaban J connectivity index is 2.04. The number of imidazole rings is 1. The zero-order valence-corrected chi connectivity index (χ0v) is 11.6. The van der Waals surface area contributed by atoms with Crippen LogP contribution in [0.25, 0.3) is 0 Å². The molecule has 6 heteroatoms. The fourth-order valence-electron chi connectivity index (χ4n) is 2.03. The molecule has 0 fully saturated rings. The predicted octanol–water partition coefficient (Wildman–Crippen LogP) is 1.30. The van der Waals surface area contributed by atoms with Gasteiger partial charge in [-0.3, -0.25) is 10.6 Å². The normalized spacial score (nSPS) is 11.9. The molecule has 0 saturated heterocycles. The van der Waals surface area contributed by atoms with Gasteiger partial charge in [-0.05, 0) is 31.5 Å². The van der Waals surface area contributed by atoms with E-state index in [1.807, 2.05) is 36.7 Å². The highest BCUT2D eigenvalue weighted by molar-refractivity contribution is 5.99. The fraction of sp³-hybridized carbons (Fsp3) is 0.286. The molecule has 4 N–H and O–H groups in total. The fourth-order valence-corrected chi connectivity index (χ4v) is 2.03. The highest BCUT2D eigenvalue weighted by Crippen LogP contribution is 2.16. The number of rotatable bonds is 5. The number of nitrogens with zero attached hydrogens (tertiary/aromatic N) is 2. The summed E-state index contributed by atoms with van der Waals surface area (Å²) in [5.74, 6) is 5.31. The molecule has 0 spiro atoms. The summed E-state index contributed by atoms with van der Waals surface area (Å²) in [6.45, 7) is 4.56. The van der Waals surface area contributed by atoms with Crippen LogP contribution in [-0.2, 0) is 6.54 Å². The molecule has 1 amide bonds. The summed E-state index contributed by atoms with van der Waals surface area (Å²) in [5, 5.41) is 2.95. The van der Waals surface area contributed by atoms with Gasteiger partial charge in [0.2, 0.25) is 0 Å². The number of aryl methyl sites for hydroxylation is 1. The van der Waals surface area contributed by atoms with Crippen molar-refractivity contribution in [3.05, 3.63) is 48.0 Å². The lowest BCUT2D eigenvalue weighted by Crippen LogP contribution is -2.36. The number of nitrogens with two attached hydrogens (primary N) is 1. The van der Waals surface area contributed by atoms with Crippen LogP contribution in [0.1, 0.15) is 22.8 Å². The Kier molecular flexibility index (Phi) is 4.37. The highest BCUT2D eigenvalue weighted by Gasteiger charge is 2.13. The largest absolute Gasteiger partial charge is 0.348 e. The molecule has 2 rings (SSSR count). The molecular weight excluding hydrogens is 254 g/mol. The predicted molar refractivity (Wildman–Crippen MR) is 78.1 cm³/mol. The first-order valence-electron chi connectivity index (χ1n) is 6.44. The lowest BCUT2D eigenvalue weighted by molar-refractivity contribution is 0.0937. The second-order valence-corrected chi connectivity index (χ2v) is 4.83. The van der Waals surface area contributed by atoms with Crippen molar-refractivity contribution < 1.29 is 4.79 Å². The van der Waals surface area contributed by atoms with Crippen molar-refractivity contribution >= 4 is 11.6 Å². The number of hydrogen-bond donors (Lipinski definition) is 3. The molecule has 106 valence electrons. The van der Waals surface area contributed by atoms with Crippen LogP contribution in [-0.4, -0.2) is 21.5 Å². The zero-order chi connectivity index (χ0) is 14.5. The SMILES string of the molecule is Cc1ccc(C(=O)NC(C)Cn2ccnc2)c(NN)c1. The minimum absolute atomic E-state index is 0.0105. The molecular formula is C14H19N5O. The minimum Gasteiger partial charge on any atom is -0.348 e. The molecule has 0 aliphatic heterocycles. The van der Waals surface area contributed by atoms with E-state index in [0.29, 0.717) is 17.8 Å². The van der Waals surface area contributed by atoms with Crippen molar-refractivity contribution in [2.75, 3.05) is 5.43 Å². The van der Waals surface area contributed by atoms with Crippen molar-refractivity contribution in [3.63, 3.8) is 0 Å². The number of nitrogen functional groups attached to an aromatic ring is 1. The van der Waals surface area contributed by atoms with Crippen molar-refractivity contribution in [2.24, 2.45) is 5.84 Å². The Hall–Kier alpha value is -2.34. The number of anilines is 1. The van der Waals surface area contributed by atoms with E-state index in [1.54, 1.807) is 18.6 Å². The number of amides is 1. The van der Waals surface area contributed by atoms with Crippen LogP contribution in [0.5, 0.6) is 0 Å². The summed E-state index contributed by atoms with van der Waals surface area (Å²) < 4.78 is 1.92. The number of benzene rings is 1. The quantitative estimate of drug-likeness (QED) is 0.566. The van der Waals surface area contributed by atoms with E-state index in [4.69, 9.17) is 5.84 Å². The van der Waals surface area contributed by atoms with Crippen LogP contribution in [0.2, 0.25) is 0 Å². The first kappa shape index (κ1) is 14.1. The van der Waals surface area contributed by atoms with E-state index in [1.165, 1.54) is 0 Å². The van der Waals surface area contributed by atoms with E-state index in [0.717, 1.165) is 5.56 Å². The Bertz CT molecular complexity index is 579. The van der Waals surface area contributed by atoms with Gasteiger partial charge in [0.25, 0.3) is 5.91 Å². The Labute approximate surface area is 118 Å². The van der Waals surface area contributed by atoms with Crippen LogP contribution in [0.15, 0.2) is 36.9 Å². The van der Waals surface area contributed by atoms with Crippen LogP contribution in [0, 0.1) is 6.92 Å². The Morgan fingerprint density at radius 3 is 2.95 bits per heavy atom. The Morgan fingerprint density at radius 1 is 1.50 bits per heavy atom. The standard InChI is InChI=1S/C14H19N5O/c1-10-3-4-12(13(7-10)18-15)14(20)17-11(2)8-19-6-5-16-9-19/h3-7,9,11,18H,8,15H2,1-2H3,(H,17,20). The van der Waals surface area contributed by atoms with Gasteiger partial charge in [-0.25, -0.2) is 4.98 Å². The number of aromatic nitrogens is 2. The van der Waals surface area contributed by atoms with Gasteiger partial charge >= 0.3 is 0 Å². The third-order valence-electron chi connectivity index (χ3n) is 3.00. The second kappa shape index (κ2) is 6.21.